The van der Waals surface area contributed by atoms with Crippen LogP contribution in [0.3, 0.4) is 0 Å². The van der Waals surface area contributed by atoms with Gasteiger partial charge in [-0.05, 0) is 31.7 Å². The molecule has 0 saturated heterocycles. The Morgan fingerprint density at radius 1 is 1.59 bits per heavy atom. The normalized spacial score (nSPS) is 18.8. The van der Waals surface area contributed by atoms with Crippen molar-refractivity contribution in [3.05, 3.63) is 0 Å². The molecule has 0 radical (unpaired) electrons. The zero-order valence-corrected chi connectivity index (χ0v) is 11.5. The molecule has 1 unspecified atom stereocenters. The molecule has 1 aliphatic rings. The fraction of sp³-hybridized carbons (Fsp3) is 0.917. The van der Waals surface area contributed by atoms with Crippen molar-refractivity contribution in [1.82, 2.24) is 5.32 Å². The van der Waals surface area contributed by atoms with Gasteiger partial charge < -0.3 is 15.2 Å². The summed E-state index contributed by atoms with van der Waals surface area (Å²) >= 11 is 1.61. The van der Waals surface area contributed by atoms with Crippen molar-refractivity contribution in [3.63, 3.8) is 0 Å². The van der Waals surface area contributed by atoms with Crippen molar-refractivity contribution in [1.29, 1.82) is 0 Å². The first-order valence-corrected chi connectivity index (χ1v) is 7.38. The van der Waals surface area contributed by atoms with Crippen LogP contribution in [0.25, 0.3) is 0 Å². The molecule has 0 aromatic heterocycles. The van der Waals surface area contributed by atoms with E-state index in [0.717, 1.165) is 25.8 Å². The van der Waals surface area contributed by atoms with Gasteiger partial charge in [-0.25, -0.2) is 0 Å². The Kier molecular flexibility index (Phi) is 6.30. The molecule has 2 N–H and O–H groups in total. The number of nitrogens with one attached hydrogen (secondary N) is 1. The Morgan fingerprint density at radius 3 is 2.76 bits per heavy atom. The van der Waals surface area contributed by atoms with Crippen LogP contribution in [-0.4, -0.2) is 48.4 Å². The second kappa shape index (κ2) is 7.24. The van der Waals surface area contributed by atoms with E-state index in [-0.39, 0.29) is 12.6 Å². The summed E-state index contributed by atoms with van der Waals surface area (Å²) in [5, 5.41) is 12.2. The predicted octanol–water partition coefficient (Wildman–Crippen LogP) is 1.03. The summed E-state index contributed by atoms with van der Waals surface area (Å²) in [7, 11) is 1.45. The Morgan fingerprint density at radius 2 is 2.29 bits per heavy atom. The second-order valence-corrected chi connectivity index (χ2v) is 5.55. The van der Waals surface area contributed by atoms with Gasteiger partial charge in [-0.1, -0.05) is 6.92 Å². The standard InChI is InChI=1S/C12H23NO3S/c1-3-6-13-12(10-4-5-10,11(15)16-2)9-17-8-7-14/h10,13-14H,3-9H2,1-2H3. The van der Waals surface area contributed by atoms with Crippen molar-refractivity contribution in [2.75, 3.05) is 31.8 Å². The average molecular weight is 261 g/mol. The highest BCUT2D eigenvalue weighted by atomic mass is 32.2. The summed E-state index contributed by atoms with van der Waals surface area (Å²) in [5.74, 6) is 1.59. The third-order valence-electron chi connectivity index (χ3n) is 3.08. The quantitative estimate of drug-likeness (QED) is 0.479. The molecule has 100 valence electrons. The Hall–Kier alpha value is -0.260. The van der Waals surface area contributed by atoms with Crippen LogP contribution in [-0.2, 0) is 9.53 Å². The minimum atomic E-state index is -0.537. The lowest BCUT2D eigenvalue weighted by Crippen LogP contribution is -2.57. The van der Waals surface area contributed by atoms with E-state index in [1.165, 1.54) is 7.11 Å². The Bertz CT molecular complexity index is 246. The molecule has 0 aliphatic heterocycles. The van der Waals surface area contributed by atoms with Crippen molar-refractivity contribution in [2.45, 2.75) is 31.7 Å². The summed E-state index contributed by atoms with van der Waals surface area (Å²) in [4.78, 5) is 12.1. The van der Waals surface area contributed by atoms with E-state index in [1.807, 2.05) is 0 Å². The maximum absolute atomic E-state index is 12.1. The van der Waals surface area contributed by atoms with Crippen molar-refractivity contribution in [2.24, 2.45) is 5.92 Å². The molecule has 0 aromatic rings. The highest BCUT2D eigenvalue weighted by Gasteiger charge is 2.51. The molecule has 1 fully saturated rings. The number of esters is 1. The van der Waals surface area contributed by atoms with Gasteiger partial charge in [-0.2, -0.15) is 11.8 Å². The van der Waals surface area contributed by atoms with E-state index in [9.17, 15) is 4.79 Å². The van der Waals surface area contributed by atoms with Gasteiger partial charge in [0.2, 0.25) is 0 Å². The lowest BCUT2D eigenvalue weighted by atomic mass is 9.95. The highest BCUT2D eigenvalue weighted by molar-refractivity contribution is 7.99. The number of thioether (sulfide) groups is 1. The average Bonchev–Trinajstić information content (AvgIpc) is 3.17. The predicted molar refractivity (Wildman–Crippen MR) is 70.2 cm³/mol. The fourth-order valence-electron chi connectivity index (χ4n) is 2.02. The number of methoxy groups -OCH3 is 1. The van der Waals surface area contributed by atoms with Crippen LogP contribution in [0, 0.1) is 5.92 Å². The molecule has 0 amide bonds. The first kappa shape index (κ1) is 14.8. The number of ether oxygens (including phenoxy) is 1. The zero-order chi connectivity index (χ0) is 12.7. The summed E-state index contributed by atoms with van der Waals surface area (Å²) in [6.07, 6.45) is 3.17. The van der Waals surface area contributed by atoms with Crippen LogP contribution in [0.15, 0.2) is 0 Å². The Balaban J connectivity index is 2.67. The molecular weight excluding hydrogens is 238 g/mol. The van der Waals surface area contributed by atoms with Crippen LogP contribution in [0.2, 0.25) is 0 Å². The summed E-state index contributed by atoms with van der Waals surface area (Å²) in [6, 6.07) is 0. The first-order valence-electron chi connectivity index (χ1n) is 6.23. The van der Waals surface area contributed by atoms with Crippen molar-refractivity contribution < 1.29 is 14.6 Å². The molecule has 1 aliphatic carbocycles. The smallest absolute Gasteiger partial charge is 0.327 e. The SMILES string of the molecule is CCCNC(CSCCO)(C(=O)OC)C1CC1. The third kappa shape index (κ3) is 3.86. The van der Waals surface area contributed by atoms with Gasteiger partial charge in [0, 0.05) is 11.5 Å². The van der Waals surface area contributed by atoms with Gasteiger partial charge in [-0.3, -0.25) is 4.79 Å². The van der Waals surface area contributed by atoms with Crippen LogP contribution in [0.4, 0.5) is 0 Å². The minimum Gasteiger partial charge on any atom is -0.468 e. The monoisotopic (exact) mass is 261 g/mol. The van der Waals surface area contributed by atoms with E-state index in [4.69, 9.17) is 9.84 Å². The van der Waals surface area contributed by atoms with Gasteiger partial charge in [0.05, 0.1) is 13.7 Å². The summed E-state index contributed by atoms with van der Waals surface area (Å²) in [6.45, 7) is 3.06. The summed E-state index contributed by atoms with van der Waals surface area (Å²) < 4.78 is 4.97. The van der Waals surface area contributed by atoms with E-state index >= 15 is 0 Å². The van der Waals surface area contributed by atoms with Crippen LogP contribution >= 0.6 is 11.8 Å². The number of aliphatic hydroxyl groups excluding tert-OH is 1. The van der Waals surface area contributed by atoms with Gasteiger partial charge in [0.25, 0.3) is 0 Å². The fourth-order valence-corrected chi connectivity index (χ4v) is 3.07. The van der Waals surface area contributed by atoms with Crippen LogP contribution in [0.5, 0.6) is 0 Å². The third-order valence-corrected chi connectivity index (χ3v) is 4.21. The molecule has 0 spiro atoms. The van der Waals surface area contributed by atoms with Crippen LogP contribution in [0.1, 0.15) is 26.2 Å². The largest absolute Gasteiger partial charge is 0.468 e. The maximum Gasteiger partial charge on any atom is 0.327 e. The zero-order valence-electron chi connectivity index (χ0n) is 10.7. The molecule has 1 atom stereocenters. The number of rotatable bonds is 9. The number of carbonyl (C=O) groups excluding carboxylic acids is 1. The first-order chi connectivity index (χ1) is 8.21. The van der Waals surface area contributed by atoms with Crippen LogP contribution < -0.4 is 5.32 Å². The lowest BCUT2D eigenvalue weighted by Gasteiger charge is -2.32. The number of hydrogen-bond donors (Lipinski definition) is 2. The van der Waals surface area contributed by atoms with E-state index in [1.54, 1.807) is 11.8 Å². The highest BCUT2D eigenvalue weighted by Crippen LogP contribution is 2.42. The molecule has 17 heavy (non-hydrogen) atoms. The van der Waals surface area contributed by atoms with Crippen molar-refractivity contribution >= 4 is 17.7 Å². The Labute approximate surface area is 107 Å². The number of hydrogen-bond acceptors (Lipinski definition) is 5. The molecule has 0 bridgehead atoms. The van der Waals surface area contributed by atoms with Crippen molar-refractivity contribution in [3.8, 4) is 0 Å². The van der Waals surface area contributed by atoms with Gasteiger partial charge in [-0.15, -0.1) is 0 Å². The number of aliphatic hydroxyl groups is 1. The lowest BCUT2D eigenvalue weighted by molar-refractivity contribution is -0.148. The molecule has 5 heteroatoms. The van der Waals surface area contributed by atoms with E-state index in [2.05, 4.69) is 12.2 Å². The maximum atomic E-state index is 12.1. The van der Waals surface area contributed by atoms with Gasteiger partial charge in [0.1, 0.15) is 5.54 Å². The number of carbonyl (C=O) groups is 1. The van der Waals surface area contributed by atoms with Gasteiger partial charge >= 0.3 is 5.97 Å². The topological polar surface area (TPSA) is 58.6 Å². The van der Waals surface area contributed by atoms with E-state index < -0.39 is 5.54 Å². The van der Waals surface area contributed by atoms with E-state index in [0.29, 0.717) is 17.4 Å². The molecular formula is C12H23NO3S. The molecule has 0 aromatic carbocycles. The molecule has 0 heterocycles. The van der Waals surface area contributed by atoms with Gasteiger partial charge in [0.15, 0.2) is 0 Å². The summed E-state index contributed by atoms with van der Waals surface area (Å²) in [5.41, 5.74) is -0.537. The second-order valence-electron chi connectivity index (χ2n) is 4.44. The molecule has 1 rings (SSSR count). The molecule has 4 nitrogen and oxygen atoms in total. The molecule has 1 saturated carbocycles. The minimum absolute atomic E-state index is 0.153.